The summed E-state index contributed by atoms with van der Waals surface area (Å²) in [5.41, 5.74) is -0.0939. The van der Waals surface area contributed by atoms with Crippen molar-refractivity contribution < 1.29 is 28.2 Å². The molecule has 0 spiro atoms. The summed E-state index contributed by atoms with van der Waals surface area (Å²) in [7, 11) is 1.56. The summed E-state index contributed by atoms with van der Waals surface area (Å²) >= 11 is 0.988. The van der Waals surface area contributed by atoms with Crippen LogP contribution in [0, 0.1) is 5.82 Å². The average molecular weight is 390 g/mol. The summed E-state index contributed by atoms with van der Waals surface area (Å²) in [6.45, 7) is 0.0549. The lowest BCUT2D eigenvalue weighted by Gasteiger charge is -2.05. The number of methoxy groups -OCH3 is 1. The van der Waals surface area contributed by atoms with Crippen LogP contribution in [0.4, 0.5) is 4.39 Å². The molecule has 0 atom stereocenters. The van der Waals surface area contributed by atoms with Crippen molar-refractivity contribution in [3.8, 4) is 17.2 Å². The van der Waals surface area contributed by atoms with Gasteiger partial charge in [-0.3, -0.25) is 4.79 Å². The monoisotopic (exact) mass is 390 g/mol. The first-order valence-electron chi connectivity index (χ1n) is 7.79. The first kappa shape index (κ1) is 18.7. The van der Waals surface area contributed by atoms with Crippen molar-refractivity contribution >= 4 is 17.5 Å². The van der Waals surface area contributed by atoms with Gasteiger partial charge in [-0.25, -0.2) is 4.39 Å². The number of nitrogens with zero attached hydrogens (tertiary/aromatic N) is 2. The molecule has 1 heterocycles. The van der Waals surface area contributed by atoms with E-state index in [1.165, 1.54) is 0 Å². The van der Waals surface area contributed by atoms with Crippen LogP contribution < -0.4 is 9.47 Å². The molecule has 0 fully saturated rings. The summed E-state index contributed by atoms with van der Waals surface area (Å²) in [6, 6.07) is 10.3. The molecule has 1 N–H and O–H groups in total. The molecule has 1 aromatic heterocycles. The zero-order valence-corrected chi connectivity index (χ0v) is 15.0. The van der Waals surface area contributed by atoms with Gasteiger partial charge in [-0.2, -0.15) is 0 Å². The molecule has 2 aromatic carbocycles. The molecule has 0 aliphatic rings. The zero-order valence-electron chi connectivity index (χ0n) is 14.2. The minimum absolute atomic E-state index is 0.0549. The van der Waals surface area contributed by atoms with Crippen LogP contribution in [-0.4, -0.2) is 33.9 Å². The quantitative estimate of drug-likeness (QED) is 0.461. The molecule has 0 bridgehead atoms. The number of carbonyl (C=O) groups is 1. The predicted molar refractivity (Wildman–Crippen MR) is 94.7 cm³/mol. The van der Waals surface area contributed by atoms with Crippen molar-refractivity contribution in [2.45, 2.75) is 11.8 Å². The molecule has 0 saturated heterocycles. The summed E-state index contributed by atoms with van der Waals surface area (Å²) in [5.74, 6) is 0.0588. The Morgan fingerprint density at radius 1 is 1.22 bits per heavy atom. The smallest absolute Gasteiger partial charge is 0.277 e. The molecule has 3 rings (SSSR count). The Morgan fingerprint density at radius 3 is 2.85 bits per heavy atom. The number of phenolic OH excluding ortho intramolecular Hbond substituents is 1. The number of Topliss-reactive ketones (excluding diaryl/α,β-unsaturated/α-hetero) is 1. The Kier molecular flexibility index (Phi) is 5.92. The molecule has 9 heteroatoms. The van der Waals surface area contributed by atoms with Gasteiger partial charge in [0, 0.05) is 6.07 Å². The molecule has 0 amide bonds. The normalized spacial score (nSPS) is 10.6. The summed E-state index contributed by atoms with van der Waals surface area (Å²) in [5, 5.41) is 17.5. The summed E-state index contributed by atoms with van der Waals surface area (Å²) in [6.07, 6.45) is 0. The number of halogens is 1. The number of ketones is 1. The molecule has 27 heavy (non-hydrogen) atoms. The molecular formula is C18H15FN2O5S. The maximum absolute atomic E-state index is 13.2. The highest BCUT2D eigenvalue weighted by molar-refractivity contribution is 7.99. The van der Waals surface area contributed by atoms with Gasteiger partial charge >= 0.3 is 0 Å². The van der Waals surface area contributed by atoms with Crippen molar-refractivity contribution in [1.29, 1.82) is 0 Å². The Hall–Kier alpha value is -3.07. The number of aromatic nitrogens is 2. The Bertz CT molecular complexity index is 947. The zero-order chi connectivity index (χ0) is 19.2. The lowest BCUT2D eigenvalue weighted by molar-refractivity contribution is 0.101. The van der Waals surface area contributed by atoms with Crippen LogP contribution in [0.2, 0.25) is 0 Å². The van der Waals surface area contributed by atoms with Crippen LogP contribution in [0.1, 0.15) is 16.2 Å². The van der Waals surface area contributed by atoms with Gasteiger partial charge < -0.3 is 19.0 Å². The van der Waals surface area contributed by atoms with Crippen molar-refractivity contribution in [2.75, 3.05) is 12.9 Å². The van der Waals surface area contributed by atoms with Gasteiger partial charge in [0.15, 0.2) is 12.4 Å². The summed E-state index contributed by atoms with van der Waals surface area (Å²) in [4.78, 5) is 12.1. The number of ether oxygens (including phenoxy) is 2. The van der Waals surface area contributed by atoms with E-state index in [0.29, 0.717) is 11.5 Å². The van der Waals surface area contributed by atoms with Crippen LogP contribution in [-0.2, 0) is 6.61 Å². The molecular weight excluding hydrogens is 375 g/mol. The number of benzene rings is 2. The number of thioether (sulfide) groups is 1. The van der Waals surface area contributed by atoms with E-state index in [0.717, 1.165) is 30.0 Å². The van der Waals surface area contributed by atoms with E-state index in [4.69, 9.17) is 13.9 Å². The van der Waals surface area contributed by atoms with E-state index < -0.39 is 11.6 Å². The average Bonchev–Trinajstić information content (AvgIpc) is 3.14. The standard InChI is InChI=1S/C18H15FN2O5S/c1-24-12-3-2-4-13(8-12)25-9-17-20-21-18(26-17)27-10-16(23)14-7-11(19)5-6-15(14)22/h2-8,22H,9-10H2,1H3. The molecule has 0 saturated carbocycles. The molecule has 0 aliphatic carbocycles. The van der Waals surface area contributed by atoms with Crippen LogP contribution >= 0.6 is 11.8 Å². The largest absolute Gasteiger partial charge is 0.507 e. The maximum Gasteiger partial charge on any atom is 0.277 e. The number of hydrogen-bond acceptors (Lipinski definition) is 8. The molecule has 0 unspecified atom stereocenters. The maximum atomic E-state index is 13.2. The Labute approximate surface area is 158 Å². The first-order chi connectivity index (χ1) is 13.0. The molecule has 140 valence electrons. The molecule has 7 nitrogen and oxygen atoms in total. The minimum Gasteiger partial charge on any atom is -0.507 e. The highest BCUT2D eigenvalue weighted by atomic mass is 32.2. The van der Waals surface area contributed by atoms with Gasteiger partial charge in [0.05, 0.1) is 18.4 Å². The van der Waals surface area contributed by atoms with Crippen LogP contribution in [0.25, 0.3) is 0 Å². The van der Waals surface area contributed by atoms with Crippen molar-refractivity contribution in [1.82, 2.24) is 10.2 Å². The lowest BCUT2D eigenvalue weighted by Crippen LogP contribution is -2.03. The topological polar surface area (TPSA) is 94.7 Å². The van der Waals surface area contributed by atoms with Crippen molar-refractivity contribution in [3.63, 3.8) is 0 Å². The van der Waals surface area contributed by atoms with Crippen molar-refractivity contribution in [2.24, 2.45) is 0 Å². The van der Waals surface area contributed by atoms with E-state index in [9.17, 15) is 14.3 Å². The van der Waals surface area contributed by atoms with E-state index in [1.54, 1.807) is 31.4 Å². The first-order valence-corrected chi connectivity index (χ1v) is 8.77. The second-order valence-corrected chi connectivity index (χ2v) is 6.23. The fourth-order valence-corrected chi connectivity index (χ4v) is 2.79. The fourth-order valence-electron chi connectivity index (χ4n) is 2.13. The highest BCUT2D eigenvalue weighted by Gasteiger charge is 2.15. The Balaban J connectivity index is 1.54. The Morgan fingerprint density at radius 2 is 2.04 bits per heavy atom. The van der Waals surface area contributed by atoms with Gasteiger partial charge in [-0.1, -0.05) is 17.8 Å². The number of carbonyl (C=O) groups excluding carboxylic acids is 1. The van der Waals surface area contributed by atoms with E-state index in [-0.39, 0.29) is 34.8 Å². The summed E-state index contributed by atoms with van der Waals surface area (Å²) < 4.78 is 29.3. The van der Waals surface area contributed by atoms with Gasteiger partial charge in [-0.05, 0) is 30.3 Å². The van der Waals surface area contributed by atoms with Gasteiger partial charge in [-0.15, -0.1) is 10.2 Å². The van der Waals surface area contributed by atoms with E-state index >= 15 is 0 Å². The third kappa shape index (κ3) is 4.98. The number of aromatic hydroxyl groups is 1. The third-order valence-corrected chi connectivity index (χ3v) is 4.26. The molecule has 3 aromatic rings. The fraction of sp³-hybridized carbons (Fsp3) is 0.167. The van der Waals surface area contributed by atoms with Gasteiger partial charge in [0.2, 0.25) is 0 Å². The SMILES string of the molecule is COc1cccc(OCc2nnc(SCC(=O)c3cc(F)ccc3O)o2)c1. The van der Waals surface area contributed by atoms with Gasteiger partial charge in [0.25, 0.3) is 11.1 Å². The van der Waals surface area contributed by atoms with Crippen LogP contribution in [0.3, 0.4) is 0 Å². The number of rotatable bonds is 8. The van der Waals surface area contributed by atoms with Gasteiger partial charge in [0.1, 0.15) is 23.1 Å². The second-order valence-electron chi connectivity index (χ2n) is 5.30. The van der Waals surface area contributed by atoms with Crippen LogP contribution in [0.15, 0.2) is 52.1 Å². The predicted octanol–water partition coefficient (Wildman–Crippen LogP) is 3.48. The lowest BCUT2D eigenvalue weighted by atomic mass is 10.1. The minimum atomic E-state index is -0.601. The van der Waals surface area contributed by atoms with E-state index in [2.05, 4.69) is 10.2 Å². The number of hydrogen-bond donors (Lipinski definition) is 1. The number of phenols is 1. The molecule has 0 aliphatic heterocycles. The van der Waals surface area contributed by atoms with Crippen LogP contribution in [0.5, 0.6) is 17.2 Å². The molecule has 0 radical (unpaired) electrons. The second kappa shape index (κ2) is 8.54. The third-order valence-electron chi connectivity index (χ3n) is 3.44. The van der Waals surface area contributed by atoms with E-state index in [1.807, 2.05) is 0 Å². The highest BCUT2D eigenvalue weighted by Crippen LogP contribution is 2.24. The van der Waals surface area contributed by atoms with Crippen molar-refractivity contribution in [3.05, 3.63) is 59.7 Å².